The number of ether oxygens (including phenoxy) is 2. The third-order valence-corrected chi connectivity index (χ3v) is 7.09. The Labute approximate surface area is 190 Å². The third-order valence-electron chi connectivity index (χ3n) is 5.53. The van der Waals surface area contributed by atoms with Gasteiger partial charge in [0.1, 0.15) is 18.1 Å². The first-order valence-corrected chi connectivity index (χ1v) is 12.1. The Bertz CT molecular complexity index is 998. The highest BCUT2D eigenvalue weighted by molar-refractivity contribution is 7.92. The molecule has 3 rings (SSSR count). The second-order valence-electron chi connectivity index (χ2n) is 7.72. The first kappa shape index (κ1) is 23.8. The molecule has 0 saturated carbocycles. The van der Waals surface area contributed by atoms with Crippen molar-refractivity contribution in [2.24, 2.45) is 5.92 Å². The molecule has 1 aliphatic rings. The van der Waals surface area contributed by atoms with E-state index in [1.165, 1.54) is 9.71 Å². The number of hydrogen-bond donors (Lipinski definition) is 0. The van der Waals surface area contributed by atoms with E-state index in [0.29, 0.717) is 44.8 Å². The summed E-state index contributed by atoms with van der Waals surface area (Å²) >= 11 is 0. The van der Waals surface area contributed by atoms with Crippen LogP contribution in [0.15, 0.2) is 60.0 Å². The topological polar surface area (TPSA) is 76.2 Å². The third kappa shape index (κ3) is 6.58. The van der Waals surface area contributed by atoms with Crippen molar-refractivity contribution in [3.63, 3.8) is 0 Å². The molecule has 1 amide bonds. The molecule has 2 aromatic rings. The van der Waals surface area contributed by atoms with Gasteiger partial charge in [0.2, 0.25) is 15.9 Å². The number of amides is 1. The number of methoxy groups -OCH3 is 1. The van der Waals surface area contributed by atoms with Crippen LogP contribution < -0.4 is 9.47 Å². The lowest BCUT2D eigenvalue weighted by Gasteiger charge is -2.31. The minimum Gasteiger partial charge on any atom is -0.497 e. The van der Waals surface area contributed by atoms with Gasteiger partial charge in [0.05, 0.1) is 13.7 Å². The van der Waals surface area contributed by atoms with Crippen LogP contribution in [-0.4, -0.2) is 63.9 Å². The van der Waals surface area contributed by atoms with E-state index in [1.807, 2.05) is 54.6 Å². The van der Waals surface area contributed by atoms with Gasteiger partial charge in [0.15, 0.2) is 0 Å². The molecule has 0 unspecified atom stereocenters. The van der Waals surface area contributed by atoms with Gasteiger partial charge in [-0.3, -0.25) is 4.79 Å². The quantitative estimate of drug-likeness (QED) is 0.577. The fraction of sp³-hybridized carbons (Fsp3) is 0.375. The van der Waals surface area contributed by atoms with Crippen LogP contribution in [0.1, 0.15) is 18.4 Å². The molecule has 7 nitrogen and oxygen atoms in total. The lowest BCUT2D eigenvalue weighted by atomic mass is 9.97. The van der Waals surface area contributed by atoms with Gasteiger partial charge in [-0.05, 0) is 48.7 Å². The molecule has 1 saturated heterocycles. The van der Waals surface area contributed by atoms with E-state index in [0.717, 1.165) is 11.3 Å². The highest BCUT2D eigenvalue weighted by Crippen LogP contribution is 2.23. The smallest absolute Gasteiger partial charge is 0.236 e. The normalized spacial score (nSPS) is 15.6. The van der Waals surface area contributed by atoms with Crippen LogP contribution in [-0.2, 0) is 14.8 Å². The molecule has 172 valence electrons. The predicted octanol–water partition coefficient (Wildman–Crippen LogP) is 3.25. The molecule has 1 fully saturated rings. The molecule has 1 heterocycles. The summed E-state index contributed by atoms with van der Waals surface area (Å²) in [6.45, 7) is 1.53. The molecular formula is C24H30N2O5S. The van der Waals surface area contributed by atoms with Crippen molar-refractivity contribution in [3.8, 4) is 11.5 Å². The fourth-order valence-corrected chi connectivity index (χ4v) is 4.79. The summed E-state index contributed by atoms with van der Waals surface area (Å²) in [4.78, 5) is 14.4. The van der Waals surface area contributed by atoms with E-state index in [4.69, 9.17) is 9.47 Å². The standard InChI is InChI=1S/C24H30N2O5S/c1-25(17-18-31-23-10-8-22(30-2)9-11-23)24(27)21-12-15-26(16-13-21)32(28,29)19-14-20-6-4-3-5-7-20/h3-11,14,19,21H,12-13,15-18H2,1-2H3/b19-14+. The molecule has 0 bridgehead atoms. The molecule has 0 N–H and O–H groups in total. The van der Waals surface area contributed by atoms with Crippen molar-refractivity contribution in [3.05, 3.63) is 65.6 Å². The minimum atomic E-state index is -3.50. The van der Waals surface area contributed by atoms with Crippen molar-refractivity contribution >= 4 is 22.0 Å². The van der Waals surface area contributed by atoms with Crippen LogP contribution in [0, 0.1) is 5.92 Å². The number of rotatable bonds is 9. The Kier molecular flexibility index (Phi) is 8.30. The zero-order chi connectivity index (χ0) is 23.0. The average molecular weight is 459 g/mol. The molecule has 0 radical (unpaired) electrons. The SMILES string of the molecule is COc1ccc(OCCN(C)C(=O)C2CCN(S(=O)(=O)/C=C/c3ccccc3)CC2)cc1. The number of carbonyl (C=O) groups excluding carboxylic acids is 1. The van der Waals surface area contributed by atoms with Crippen LogP contribution in [0.5, 0.6) is 11.5 Å². The molecule has 0 atom stereocenters. The summed E-state index contributed by atoms with van der Waals surface area (Å²) in [5, 5.41) is 1.24. The molecule has 2 aromatic carbocycles. The highest BCUT2D eigenvalue weighted by Gasteiger charge is 2.31. The highest BCUT2D eigenvalue weighted by atomic mass is 32.2. The maximum absolute atomic E-state index is 12.8. The van der Waals surface area contributed by atoms with Crippen molar-refractivity contribution < 1.29 is 22.7 Å². The van der Waals surface area contributed by atoms with Gasteiger partial charge in [-0.15, -0.1) is 0 Å². The largest absolute Gasteiger partial charge is 0.497 e. The number of sulfonamides is 1. The van der Waals surface area contributed by atoms with Gasteiger partial charge in [-0.25, -0.2) is 8.42 Å². The number of carbonyl (C=O) groups is 1. The molecular weight excluding hydrogens is 428 g/mol. The van der Waals surface area contributed by atoms with Crippen LogP contribution in [0.25, 0.3) is 6.08 Å². The fourth-order valence-electron chi connectivity index (χ4n) is 3.57. The second kappa shape index (κ2) is 11.2. The Morgan fingerprint density at radius 3 is 2.31 bits per heavy atom. The average Bonchev–Trinajstić information content (AvgIpc) is 2.83. The summed E-state index contributed by atoms with van der Waals surface area (Å²) < 4.78 is 37.5. The zero-order valence-corrected chi connectivity index (χ0v) is 19.3. The van der Waals surface area contributed by atoms with E-state index in [2.05, 4.69) is 0 Å². The number of piperidine rings is 1. The van der Waals surface area contributed by atoms with Gasteiger partial charge in [0, 0.05) is 31.5 Å². The second-order valence-corrected chi connectivity index (χ2v) is 9.53. The first-order valence-electron chi connectivity index (χ1n) is 10.6. The van der Waals surface area contributed by atoms with Gasteiger partial charge >= 0.3 is 0 Å². The zero-order valence-electron chi connectivity index (χ0n) is 18.5. The van der Waals surface area contributed by atoms with Crippen molar-refractivity contribution in [2.45, 2.75) is 12.8 Å². The predicted molar refractivity (Wildman–Crippen MR) is 125 cm³/mol. The van der Waals surface area contributed by atoms with Gasteiger partial charge < -0.3 is 14.4 Å². The van der Waals surface area contributed by atoms with Crippen LogP contribution in [0.3, 0.4) is 0 Å². The van der Waals surface area contributed by atoms with Gasteiger partial charge in [-0.2, -0.15) is 4.31 Å². The Hall–Kier alpha value is -2.84. The summed E-state index contributed by atoms with van der Waals surface area (Å²) in [6, 6.07) is 16.6. The molecule has 0 aliphatic carbocycles. The number of hydrogen-bond acceptors (Lipinski definition) is 5. The Balaban J connectivity index is 1.44. The summed E-state index contributed by atoms with van der Waals surface area (Å²) in [7, 11) is -0.138. The van der Waals surface area contributed by atoms with Crippen molar-refractivity contribution in [1.29, 1.82) is 0 Å². The summed E-state index contributed by atoms with van der Waals surface area (Å²) in [6.07, 6.45) is 2.63. The Morgan fingerprint density at radius 1 is 1.06 bits per heavy atom. The van der Waals surface area contributed by atoms with Crippen molar-refractivity contribution in [1.82, 2.24) is 9.21 Å². The van der Waals surface area contributed by atoms with Crippen LogP contribution in [0.2, 0.25) is 0 Å². The number of likely N-dealkylation sites (N-methyl/N-ethyl adjacent to an activating group) is 1. The molecule has 1 aliphatic heterocycles. The molecule has 0 aromatic heterocycles. The van der Waals surface area contributed by atoms with Gasteiger partial charge in [-0.1, -0.05) is 30.3 Å². The van der Waals surface area contributed by atoms with E-state index in [1.54, 1.807) is 25.1 Å². The minimum absolute atomic E-state index is 0.0280. The van der Waals surface area contributed by atoms with Crippen molar-refractivity contribution in [2.75, 3.05) is 40.4 Å². The lowest BCUT2D eigenvalue weighted by molar-refractivity contribution is -0.135. The first-order chi connectivity index (χ1) is 15.4. The Morgan fingerprint density at radius 2 is 1.69 bits per heavy atom. The van der Waals surface area contributed by atoms with E-state index in [-0.39, 0.29) is 11.8 Å². The van der Waals surface area contributed by atoms with Crippen LogP contribution >= 0.6 is 0 Å². The monoisotopic (exact) mass is 458 g/mol. The molecule has 32 heavy (non-hydrogen) atoms. The lowest BCUT2D eigenvalue weighted by Crippen LogP contribution is -2.43. The maximum Gasteiger partial charge on any atom is 0.236 e. The summed E-state index contributed by atoms with van der Waals surface area (Å²) in [5.41, 5.74) is 0.833. The number of nitrogens with zero attached hydrogens (tertiary/aromatic N) is 2. The van der Waals surface area contributed by atoms with E-state index < -0.39 is 10.0 Å². The van der Waals surface area contributed by atoms with E-state index >= 15 is 0 Å². The summed E-state index contributed by atoms with van der Waals surface area (Å²) in [5.74, 6) is 1.33. The molecule has 0 spiro atoms. The maximum atomic E-state index is 12.8. The van der Waals surface area contributed by atoms with Gasteiger partial charge in [0.25, 0.3) is 0 Å². The number of benzene rings is 2. The molecule has 8 heteroatoms. The van der Waals surface area contributed by atoms with E-state index in [9.17, 15) is 13.2 Å². The van der Waals surface area contributed by atoms with Crippen LogP contribution in [0.4, 0.5) is 0 Å².